The van der Waals surface area contributed by atoms with Crippen molar-refractivity contribution in [1.29, 1.82) is 0 Å². The number of aromatic hydroxyl groups is 1. The molecule has 100 valence electrons. The summed E-state index contributed by atoms with van der Waals surface area (Å²) in [6.07, 6.45) is 1.11. The maximum Gasteiger partial charge on any atom is 0.277 e. The molecule has 2 amide bonds. The molecule has 2 rings (SSSR count). The minimum Gasteiger partial charge on any atom is -0.506 e. The molecular formula is C12H11ClN2O4. The first-order valence-electron chi connectivity index (χ1n) is 5.47. The zero-order valence-electron chi connectivity index (χ0n) is 9.76. The number of hydrogen-bond donors (Lipinski definition) is 3. The van der Waals surface area contributed by atoms with E-state index in [1.165, 1.54) is 18.2 Å². The number of nitrogens with zero attached hydrogens (tertiary/aromatic N) is 1. The van der Waals surface area contributed by atoms with Crippen molar-refractivity contribution < 1.29 is 19.8 Å². The molecule has 0 aromatic heterocycles. The Labute approximate surface area is 113 Å². The Morgan fingerprint density at radius 3 is 2.74 bits per heavy atom. The van der Waals surface area contributed by atoms with Crippen LogP contribution in [-0.2, 0) is 9.59 Å². The lowest BCUT2D eigenvalue weighted by Crippen LogP contribution is -2.34. The Kier molecular flexibility index (Phi) is 3.73. The van der Waals surface area contributed by atoms with Crippen LogP contribution in [0.15, 0.2) is 30.0 Å². The van der Waals surface area contributed by atoms with Gasteiger partial charge in [-0.25, -0.2) is 0 Å². The largest absolute Gasteiger partial charge is 0.506 e. The van der Waals surface area contributed by atoms with Crippen LogP contribution in [0.25, 0.3) is 0 Å². The molecule has 1 aliphatic rings. The molecule has 0 bridgehead atoms. The highest BCUT2D eigenvalue weighted by Crippen LogP contribution is 2.28. The van der Waals surface area contributed by atoms with E-state index in [-0.39, 0.29) is 30.3 Å². The Balaban J connectivity index is 2.20. The maximum atomic E-state index is 11.9. The minimum atomic E-state index is -0.557. The zero-order chi connectivity index (χ0) is 14.0. The lowest BCUT2D eigenvalue weighted by atomic mass is 10.2. The molecule has 0 radical (unpaired) electrons. The number of phenolic OH excluding ortho intramolecular Hbond substituents is 1. The predicted molar refractivity (Wildman–Crippen MR) is 68.6 cm³/mol. The molecule has 19 heavy (non-hydrogen) atoms. The monoisotopic (exact) mass is 282 g/mol. The molecule has 0 spiro atoms. The number of imide groups is 1. The fraction of sp³-hybridized carbons (Fsp3) is 0.167. The van der Waals surface area contributed by atoms with Crippen molar-refractivity contribution >= 4 is 29.1 Å². The van der Waals surface area contributed by atoms with Gasteiger partial charge in [0.15, 0.2) is 0 Å². The van der Waals surface area contributed by atoms with E-state index in [0.29, 0.717) is 5.02 Å². The Morgan fingerprint density at radius 2 is 2.05 bits per heavy atom. The number of amides is 2. The standard InChI is InChI=1S/C12H11ClN2O4/c13-7-1-2-10(17)8(5-7)14-9-6-11(18)15(3-4-16)12(9)19/h1-2,5-6,14,16-17H,3-4H2. The summed E-state index contributed by atoms with van der Waals surface area (Å²) >= 11 is 5.78. The van der Waals surface area contributed by atoms with Gasteiger partial charge in [0.05, 0.1) is 18.8 Å². The van der Waals surface area contributed by atoms with Crippen molar-refractivity contribution in [3.8, 4) is 5.75 Å². The number of carbonyl (C=O) groups excluding carboxylic acids is 2. The molecule has 0 aliphatic carbocycles. The average Bonchev–Trinajstić information content (AvgIpc) is 2.62. The molecule has 6 nitrogen and oxygen atoms in total. The highest BCUT2D eigenvalue weighted by atomic mass is 35.5. The normalized spacial score (nSPS) is 14.8. The number of aliphatic hydroxyl groups is 1. The molecule has 0 saturated heterocycles. The number of phenols is 1. The van der Waals surface area contributed by atoms with Gasteiger partial charge in [-0.05, 0) is 18.2 Å². The summed E-state index contributed by atoms with van der Waals surface area (Å²) in [6.45, 7) is -0.373. The fourth-order valence-corrected chi connectivity index (χ4v) is 1.84. The lowest BCUT2D eigenvalue weighted by molar-refractivity contribution is -0.137. The van der Waals surface area contributed by atoms with Crippen LogP contribution in [-0.4, -0.2) is 40.1 Å². The van der Waals surface area contributed by atoms with Gasteiger partial charge in [-0.2, -0.15) is 0 Å². The van der Waals surface area contributed by atoms with E-state index < -0.39 is 11.8 Å². The van der Waals surface area contributed by atoms with Gasteiger partial charge in [0.25, 0.3) is 11.8 Å². The van der Waals surface area contributed by atoms with Crippen LogP contribution < -0.4 is 5.32 Å². The summed E-state index contributed by atoms with van der Waals surface area (Å²) in [5.74, 6) is -1.16. The molecule has 0 saturated carbocycles. The third-order valence-corrected chi connectivity index (χ3v) is 2.80. The highest BCUT2D eigenvalue weighted by molar-refractivity contribution is 6.31. The van der Waals surface area contributed by atoms with E-state index in [4.69, 9.17) is 16.7 Å². The second kappa shape index (κ2) is 5.29. The van der Waals surface area contributed by atoms with Crippen LogP contribution in [0.5, 0.6) is 5.75 Å². The molecule has 3 N–H and O–H groups in total. The SMILES string of the molecule is O=C1C=C(Nc2cc(Cl)ccc2O)C(=O)N1CCO. The lowest BCUT2D eigenvalue weighted by Gasteiger charge is -2.13. The molecule has 7 heteroatoms. The fourth-order valence-electron chi connectivity index (χ4n) is 1.66. The number of anilines is 1. The van der Waals surface area contributed by atoms with Gasteiger partial charge in [0.2, 0.25) is 0 Å². The molecule has 1 aromatic carbocycles. The summed E-state index contributed by atoms with van der Waals surface area (Å²) in [5.41, 5.74) is 0.252. The topological polar surface area (TPSA) is 89.9 Å². The van der Waals surface area contributed by atoms with Crippen molar-refractivity contribution in [1.82, 2.24) is 4.90 Å². The van der Waals surface area contributed by atoms with Crippen LogP contribution in [0.2, 0.25) is 5.02 Å². The number of benzene rings is 1. The van der Waals surface area contributed by atoms with Crippen LogP contribution in [0, 0.1) is 0 Å². The minimum absolute atomic E-state index is 0.0241. The van der Waals surface area contributed by atoms with Gasteiger partial charge < -0.3 is 15.5 Å². The first-order chi connectivity index (χ1) is 9.02. The van der Waals surface area contributed by atoms with Crippen molar-refractivity contribution in [2.45, 2.75) is 0 Å². The van der Waals surface area contributed by atoms with E-state index in [1.807, 2.05) is 0 Å². The third-order valence-electron chi connectivity index (χ3n) is 2.56. The van der Waals surface area contributed by atoms with Crippen molar-refractivity contribution in [2.75, 3.05) is 18.5 Å². The molecule has 0 fully saturated rings. The summed E-state index contributed by atoms with van der Waals surface area (Å²) in [6, 6.07) is 4.30. The number of nitrogens with one attached hydrogen (secondary N) is 1. The number of aliphatic hydroxyl groups excluding tert-OH is 1. The summed E-state index contributed by atoms with van der Waals surface area (Å²) in [4.78, 5) is 24.3. The van der Waals surface area contributed by atoms with Gasteiger partial charge in [0.1, 0.15) is 11.4 Å². The number of rotatable bonds is 4. The Morgan fingerprint density at radius 1 is 1.32 bits per heavy atom. The average molecular weight is 283 g/mol. The number of hydrogen-bond acceptors (Lipinski definition) is 5. The van der Waals surface area contributed by atoms with Crippen molar-refractivity contribution in [3.05, 3.63) is 35.0 Å². The first kappa shape index (κ1) is 13.4. The maximum absolute atomic E-state index is 11.9. The number of β-amino-alcohol motifs (C(OH)–C–C–N with tert-alkyl or cyclic N) is 1. The molecule has 1 heterocycles. The van der Waals surface area contributed by atoms with Gasteiger partial charge in [0, 0.05) is 11.1 Å². The van der Waals surface area contributed by atoms with E-state index in [1.54, 1.807) is 0 Å². The van der Waals surface area contributed by atoms with E-state index in [2.05, 4.69) is 5.32 Å². The highest BCUT2D eigenvalue weighted by Gasteiger charge is 2.30. The summed E-state index contributed by atoms with van der Waals surface area (Å²) in [5, 5.41) is 21.4. The third kappa shape index (κ3) is 2.69. The molecule has 1 aromatic rings. The van der Waals surface area contributed by atoms with Crippen LogP contribution in [0.3, 0.4) is 0 Å². The second-order valence-electron chi connectivity index (χ2n) is 3.86. The van der Waals surface area contributed by atoms with Crippen molar-refractivity contribution in [3.63, 3.8) is 0 Å². The Hall–Kier alpha value is -2.05. The quantitative estimate of drug-likeness (QED) is 0.559. The molecule has 0 unspecified atom stereocenters. The van der Waals surface area contributed by atoms with Gasteiger partial charge in [-0.3, -0.25) is 14.5 Å². The van der Waals surface area contributed by atoms with E-state index in [0.717, 1.165) is 11.0 Å². The number of halogens is 1. The number of carbonyl (C=O) groups is 2. The second-order valence-corrected chi connectivity index (χ2v) is 4.30. The first-order valence-corrected chi connectivity index (χ1v) is 5.84. The van der Waals surface area contributed by atoms with Gasteiger partial charge in [-0.1, -0.05) is 11.6 Å². The van der Waals surface area contributed by atoms with Crippen LogP contribution in [0.4, 0.5) is 5.69 Å². The summed E-state index contributed by atoms with van der Waals surface area (Å²) in [7, 11) is 0. The molecular weight excluding hydrogens is 272 g/mol. The van der Waals surface area contributed by atoms with Crippen molar-refractivity contribution in [2.24, 2.45) is 0 Å². The van der Waals surface area contributed by atoms with Crippen LogP contribution in [0.1, 0.15) is 0 Å². The molecule has 0 atom stereocenters. The van der Waals surface area contributed by atoms with Gasteiger partial charge >= 0.3 is 0 Å². The molecule has 1 aliphatic heterocycles. The van der Waals surface area contributed by atoms with E-state index in [9.17, 15) is 14.7 Å². The predicted octanol–water partition coefficient (Wildman–Crippen LogP) is 0.702. The smallest absolute Gasteiger partial charge is 0.277 e. The van der Waals surface area contributed by atoms with Gasteiger partial charge in [-0.15, -0.1) is 0 Å². The summed E-state index contributed by atoms with van der Waals surface area (Å²) < 4.78 is 0. The Bertz CT molecular complexity index is 571. The zero-order valence-corrected chi connectivity index (χ0v) is 10.5. The van der Waals surface area contributed by atoms with E-state index >= 15 is 0 Å². The van der Waals surface area contributed by atoms with Crippen LogP contribution >= 0.6 is 11.6 Å².